The molecule has 0 radical (unpaired) electrons. The van der Waals surface area contributed by atoms with Gasteiger partial charge in [0.25, 0.3) is 0 Å². The zero-order valence-corrected chi connectivity index (χ0v) is 13.8. The SMILES string of the molecule is CC(C)(C)CC(CN)c1nc2ccc(Cl)cc2n1C1CC1. The molecule has 1 atom stereocenters. The van der Waals surface area contributed by atoms with Crippen LogP contribution in [0.15, 0.2) is 18.2 Å². The summed E-state index contributed by atoms with van der Waals surface area (Å²) in [5.41, 5.74) is 8.51. The Bertz CT molecular complexity index is 650. The molecule has 0 bridgehead atoms. The van der Waals surface area contributed by atoms with Crippen LogP contribution < -0.4 is 5.73 Å². The van der Waals surface area contributed by atoms with Crippen molar-refractivity contribution in [3.05, 3.63) is 29.0 Å². The van der Waals surface area contributed by atoms with Crippen molar-refractivity contribution in [1.82, 2.24) is 9.55 Å². The van der Waals surface area contributed by atoms with Gasteiger partial charge in [0.05, 0.1) is 11.0 Å². The molecule has 4 heteroatoms. The van der Waals surface area contributed by atoms with Crippen LogP contribution in [0.25, 0.3) is 11.0 Å². The van der Waals surface area contributed by atoms with E-state index in [1.54, 1.807) is 0 Å². The van der Waals surface area contributed by atoms with Crippen molar-refractivity contribution in [2.45, 2.75) is 52.0 Å². The lowest BCUT2D eigenvalue weighted by Gasteiger charge is -2.25. The van der Waals surface area contributed by atoms with E-state index in [1.807, 2.05) is 18.2 Å². The van der Waals surface area contributed by atoms with Gasteiger partial charge in [0, 0.05) is 23.5 Å². The zero-order valence-electron chi connectivity index (χ0n) is 13.1. The van der Waals surface area contributed by atoms with Gasteiger partial charge in [-0.15, -0.1) is 0 Å². The lowest BCUT2D eigenvalue weighted by atomic mass is 9.84. The van der Waals surface area contributed by atoms with Crippen LogP contribution in [0.2, 0.25) is 5.02 Å². The van der Waals surface area contributed by atoms with Crippen molar-refractivity contribution in [2.75, 3.05) is 6.54 Å². The number of nitrogens with two attached hydrogens (primary N) is 1. The van der Waals surface area contributed by atoms with Gasteiger partial charge in [0.15, 0.2) is 0 Å². The molecular formula is C17H24ClN3. The molecule has 21 heavy (non-hydrogen) atoms. The van der Waals surface area contributed by atoms with E-state index in [0.29, 0.717) is 18.5 Å². The summed E-state index contributed by atoms with van der Waals surface area (Å²) in [7, 11) is 0. The summed E-state index contributed by atoms with van der Waals surface area (Å²) < 4.78 is 2.39. The summed E-state index contributed by atoms with van der Waals surface area (Å²) in [6, 6.07) is 6.55. The number of halogens is 1. The van der Waals surface area contributed by atoms with E-state index >= 15 is 0 Å². The van der Waals surface area contributed by atoms with Crippen LogP contribution in [0.3, 0.4) is 0 Å². The number of nitrogens with zero attached hydrogens (tertiary/aromatic N) is 2. The fraction of sp³-hybridized carbons (Fsp3) is 0.588. The fourth-order valence-corrected chi connectivity index (χ4v) is 3.27. The van der Waals surface area contributed by atoms with Crippen LogP contribution in [0.4, 0.5) is 0 Å². The number of hydrogen-bond donors (Lipinski definition) is 1. The molecule has 1 aromatic heterocycles. The summed E-state index contributed by atoms with van der Waals surface area (Å²) >= 11 is 6.18. The second-order valence-electron chi connectivity index (χ2n) is 7.40. The Morgan fingerprint density at radius 2 is 2.10 bits per heavy atom. The maximum absolute atomic E-state index is 6.18. The third-order valence-corrected chi connectivity index (χ3v) is 4.33. The van der Waals surface area contributed by atoms with E-state index in [-0.39, 0.29) is 5.41 Å². The standard InChI is InChI=1S/C17H24ClN3/c1-17(2,3)9-11(10-19)16-20-14-7-4-12(18)8-15(14)21(16)13-5-6-13/h4,7-8,11,13H,5-6,9-10,19H2,1-3H3. The third kappa shape index (κ3) is 3.09. The van der Waals surface area contributed by atoms with Crippen molar-refractivity contribution in [3.63, 3.8) is 0 Å². The molecule has 1 heterocycles. The second-order valence-corrected chi connectivity index (χ2v) is 7.84. The first-order valence-electron chi connectivity index (χ1n) is 7.76. The van der Waals surface area contributed by atoms with Crippen LogP contribution >= 0.6 is 11.6 Å². The molecule has 3 rings (SSSR count). The highest BCUT2D eigenvalue weighted by Gasteiger charge is 2.32. The van der Waals surface area contributed by atoms with E-state index in [4.69, 9.17) is 22.3 Å². The maximum Gasteiger partial charge on any atom is 0.114 e. The van der Waals surface area contributed by atoms with Gasteiger partial charge < -0.3 is 10.3 Å². The molecule has 0 aliphatic heterocycles. The predicted molar refractivity (Wildman–Crippen MR) is 88.9 cm³/mol. The topological polar surface area (TPSA) is 43.8 Å². The fourth-order valence-electron chi connectivity index (χ4n) is 3.11. The Labute approximate surface area is 131 Å². The summed E-state index contributed by atoms with van der Waals surface area (Å²) in [4.78, 5) is 4.89. The highest BCUT2D eigenvalue weighted by atomic mass is 35.5. The van der Waals surface area contributed by atoms with Crippen molar-refractivity contribution < 1.29 is 0 Å². The highest BCUT2D eigenvalue weighted by molar-refractivity contribution is 6.31. The molecule has 0 amide bonds. The Morgan fingerprint density at radius 1 is 1.38 bits per heavy atom. The summed E-state index contributed by atoms with van der Waals surface area (Å²) in [5, 5.41) is 0.774. The molecule has 0 spiro atoms. The maximum atomic E-state index is 6.18. The van der Waals surface area contributed by atoms with Gasteiger partial charge in [-0.25, -0.2) is 4.98 Å². The number of imidazole rings is 1. The van der Waals surface area contributed by atoms with Gasteiger partial charge in [0.2, 0.25) is 0 Å². The molecule has 2 aromatic rings. The molecule has 114 valence electrons. The quantitative estimate of drug-likeness (QED) is 0.903. The molecule has 3 nitrogen and oxygen atoms in total. The second kappa shape index (κ2) is 5.29. The van der Waals surface area contributed by atoms with Crippen molar-refractivity contribution in [1.29, 1.82) is 0 Å². The van der Waals surface area contributed by atoms with Crippen LogP contribution in [0, 0.1) is 5.41 Å². The zero-order chi connectivity index (χ0) is 15.2. The first-order chi connectivity index (χ1) is 9.89. The number of benzene rings is 1. The van der Waals surface area contributed by atoms with Crippen molar-refractivity contribution in [2.24, 2.45) is 11.1 Å². The van der Waals surface area contributed by atoms with E-state index in [0.717, 1.165) is 28.3 Å². The lowest BCUT2D eigenvalue weighted by molar-refractivity contribution is 0.332. The minimum atomic E-state index is 0.244. The van der Waals surface area contributed by atoms with Crippen molar-refractivity contribution in [3.8, 4) is 0 Å². The number of rotatable bonds is 4. The van der Waals surface area contributed by atoms with Crippen LogP contribution in [-0.2, 0) is 0 Å². The normalized spacial score (nSPS) is 17.4. The first kappa shape index (κ1) is 14.9. The van der Waals surface area contributed by atoms with Crippen LogP contribution in [0.5, 0.6) is 0 Å². The van der Waals surface area contributed by atoms with E-state index in [1.165, 1.54) is 12.8 Å². The molecule has 1 aliphatic rings. The summed E-state index contributed by atoms with van der Waals surface area (Å²) in [6.07, 6.45) is 3.52. The number of fused-ring (bicyclic) bond motifs is 1. The number of aromatic nitrogens is 2. The van der Waals surface area contributed by atoms with Gasteiger partial charge in [-0.05, 0) is 42.9 Å². The lowest BCUT2D eigenvalue weighted by Crippen LogP contribution is -2.22. The molecule has 2 N–H and O–H groups in total. The monoisotopic (exact) mass is 305 g/mol. The third-order valence-electron chi connectivity index (χ3n) is 4.10. The summed E-state index contributed by atoms with van der Waals surface area (Å²) in [5.74, 6) is 1.45. The minimum absolute atomic E-state index is 0.244. The molecule has 1 unspecified atom stereocenters. The van der Waals surface area contributed by atoms with Gasteiger partial charge >= 0.3 is 0 Å². The van der Waals surface area contributed by atoms with Crippen molar-refractivity contribution >= 4 is 22.6 Å². The number of hydrogen-bond acceptors (Lipinski definition) is 2. The molecule has 1 saturated carbocycles. The molecular weight excluding hydrogens is 282 g/mol. The molecule has 1 aromatic carbocycles. The van der Waals surface area contributed by atoms with E-state index < -0.39 is 0 Å². The van der Waals surface area contributed by atoms with Gasteiger partial charge in [-0.2, -0.15) is 0 Å². The average Bonchev–Trinajstić information content (AvgIpc) is 3.16. The van der Waals surface area contributed by atoms with E-state index in [2.05, 4.69) is 25.3 Å². The first-order valence-corrected chi connectivity index (χ1v) is 8.14. The Hall–Kier alpha value is -1.06. The minimum Gasteiger partial charge on any atom is -0.330 e. The van der Waals surface area contributed by atoms with Gasteiger partial charge in [-0.3, -0.25) is 0 Å². The largest absolute Gasteiger partial charge is 0.330 e. The Morgan fingerprint density at radius 3 is 2.67 bits per heavy atom. The van der Waals surface area contributed by atoms with E-state index in [9.17, 15) is 0 Å². The van der Waals surface area contributed by atoms with Gasteiger partial charge in [-0.1, -0.05) is 32.4 Å². The molecule has 1 aliphatic carbocycles. The average molecular weight is 306 g/mol. The molecule has 1 fully saturated rings. The van der Waals surface area contributed by atoms with Crippen LogP contribution in [-0.4, -0.2) is 16.1 Å². The smallest absolute Gasteiger partial charge is 0.114 e. The predicted octanol–water partition coefficient (Wildman–Crippen LogP) is 4.50. The van der Waals surface area contributed by atoms with Gasteiger partial charge in [0.1, 0.15) is 5.82 Å². The van der Waals surface area contributed by atoms with Crippen LogP contribution in [0.1, 0.15) is 57.8 Å². The Balaban J connectivity index is 2.10. The highest BCUT2D eigenvalue weighted by Crippen LogP contribution is 2.42. The Kier molecular flexibility index (Phi) is 3.74. The summed E-state index contributed by atoms with van der Waals surface area (Å²) in [6.45, 7) is 7.42. The molecule has 0 saturated heterocycles.